The third-order valence-corrected chi connectivity index (χ3v) is 4.61. The van der Waals surface area contributed by atoms with Crippen LogP contribution in [0.25, 0.3) is 27.9 Å². The predicted molar refractivity (Wildman–Crippen MR) is 96.4 cm³/mol. The molecule has 3 nitrogen and oxygen atoms in total. The van der Waals surface area contributed by atoms with Crippen molar-refractivity contribution in [2.45, 2.75) is 26.2 Å². The van der Waals surface area contributed by atoms with Crippen LogP contribution in [0, 0.1) is 0 Å². The Bertz CT molecular complexity index is 958. The van der Waals surface area contributed by atoms with Crippen molar-refractivity contribution in [3.8, 4) is 11.3 Å². The second kappa shape index (κ2) is 6.00. The molecule has 0 unspecified atom stereocenters. The van der Waals surface area contributed by atoms with Gasteiger partial charge in [0.1, 0.15) is 0 Å². The van der Waals surface area contributed by atoms with Crippen LogP contribution in [-0.2, 0) is 4.79 Å². The lowest BCUT2D eigenvalue weighted by Gasteiger charge is -2.19. The van der Waals surface area contributed by atoms with Crippen LogP contribution in [0.2, 0.25) is 0 Å². The maximum atomic E-state index is 12.2. The van der Waals surface area contributed by atoms with Crippen LogP contribution < -0.4 is 0 Å². The number of carbonyl (C=O) groups excluding carboxylic acids is 1. The molecule has 3 aromatic rings. The number of allylic oxidation sites excluding steroid dienone is 2. The maximum Gasteiger partial charge on any atom is 0.158 e. The Morgan fingerprint density at radius 3 is 2.12 bits per heavy atom. The van der Waals surface area contributed by atoms with E-state index < -0.39 is 0 Å². The normalized spacial score (nSPS) is 15.1. The zero-order chi connectivity index (χ0) is 16.5. The highest BCUT2D eigenvalue weighted by atomic mass is 16.1. The minimum atomic E-state index is 0.227. The molecule has 118 valence electrons. The van der Waals surface area contributed by atoms with Gasteiger partial charge in [-0.2, -0.15) is 0 Å². The molecule has 1 aromatic heterocycles. The average molecular weight is 314 g/mol. The number of fused-ring (bicyclic) bond motifs is 1. The minimum Gasteiger partial charge on any atom is -0.295 e. The van der Waals surface area contributed by atoms with E-state index in [2.05, 4.69) is 0 Å². The van der Waals surface area contributed by atoms with Gasteiger partial charge in [0.25, 0.3) is 0 Å². The Morgan fingerprint density at radius 1 is 0.792 bits per heavy atom. The minimum absolute atomic E-state index is 0.227. The van der Waals surface area contributed by atoms with Gasteiger partial charge in [-0.25, -0.2) is 9.97 Å². The molecular formula is C21H18N2O. The van der Waals surface area contributed by atoms with E-state index in [-0.39, 0.29) is 5.78 Å². The van der Waals surface area contributed by atoms with Crippen LogP contribution in [0.3, 0.4) is 0 Å². The summed E-state index contributed by atoms with van der Waals surface area (Å²) in [7, 11) is 0. The summed E-state index contributed by atoms with van der Waals surface area (Å²) in [6.07, 6.45) is 2.40. The van der Waals surface area contributed by atoms with E-state index in [4.69, 9.17) is 9.97 Å². The summed E-state index contributed by atoms with van der Waals surface area (Å²) < 4.78 is 0. The quantitative estimate of drug-likeness (QED) is 0.681. The van der Waals surface area contributed by atoms with Gasteiger partial charge in [-0.1, -0.05) is 42.5 Å². The number of rotatable bonds is 2. The molecule has 0 saturated heterocycles. The molecule has 0 saturated carbocycles. The molecule has 1 heterocycles. The SMILES string of the molecule is CC1=C(c2nc3ccccc3nc2-c2ccccc2)CCCC1=O. The van der Waals surface area contributed by atoms with Crippen LogP contribution in [0.1, 0.15) is 31.9 Å². The fraction of sp³-hybridized carbons (Fsp3) is 0.190. The van der Waals surface area contributed by atoms with Gasteiger partial charge in [0.15, 0.2) is 5.78 Å². The molecular weight excluding hydrogens is 296 g/mol. The fourth-order valence-electron chi connectivity index (χ4n) is 3.27. The molecule has 0 fully saturated rings. The molecule has 1 aliphatic rings. The summed E-state index contributed by atoms with van der Waals surface area (Å²) >= 11 is 0. The number of hydrogen-bond acceptors (Lipinski definition) is 3. The van der Waals surface area contributed by atoms with Crippen molar-refractivity contribution in [2.24, 2.45) is 0 Å². The number of ketones is 1. The van der Waals surface area contributed by atoms with E-state index in [1.165, 1.54) is 0 Å². The number of carbonyl (C=O) groups is 1. The van der Waals surface area contributed by atoms with Gasteiger partial charge in [0.05, 0.1) is 22.4 Å². The van der Waals surface area contributed by atoms with E-state index in [0.717, 1.165) is 52.0 Å². The summed E-state index contributed by atoms with van der Waals surface area (Å²) in [6.45, 7) is 1.92. The van der Waals surface area contributed by atoms with E-state index in [1.807, 2.05) is 61.5 Å². The van der Waals surface area contributed by atoms with Gasteiger partial charge in [-0.3, -0.25) is 4.79 Å². The van der Waals surface area contributed by atoms with Crippen molar-refractivity contribution in [1.29, 1.82) is 0 Å². The predicted octanol–water partition coefficient (Wildman–Crippen LogP) is 4.82. The lowest BCUT2D eigenvalue weighted by Crippen LogP contribution is -2.11. The Hall–Kier alpha value is -2.81. The first-order valence-corrected chi connectivity index (χ1v) is 8.29. The third-order valence-electron chi connectivity index (χ3n) is 4.61. The summed E-state index contributed by atoms with van der Waals surface area (Å²) in [4.78, 5) is 21.9. The standard InChI is InChI=1S/C21H18N2O/c1-14-16(10-7-13-19(14)24)21-20(15-8-3-2-4-9-15)22-17-11-5-6-12-18(17)23-21/h2-6,8-9,11-12H,7,10,13H2,1H3. The molecule has 0 aliphatic heterocycles. The van der Waals surface area contributed by atoms with Gasteiger partial charge in [-0.05, 0) is 43.0 Å². The van der Waals surface area contributed by atoms with Crippen LogP contribution >= 0.6 is 0 Å². The molecule has 0 amide bonds. The van der Waals surface area contributed by atoms with Gasteiger partial charge in [0.2, 0.25) is 0 Å². The van der Waals surface area contributed by atoms with E-state index in [9.17, 15) is 4.79 Å². The van der Waals surface area contributed by atoms with Crippen LogP contribution in [0.5, 0.6) is 0 Å². The molecule has 2 aromatic carbocycles. The first kappa shape index (κ1) is 14.8. The third kappa shape index (κ3) is 2.52. The van der Waals surface area contributed by atoms with Crippen molar-refractivity contribution in [2.75, 3.05) is 0 Å². The van der Waals surface area contributed by atoms with Crippen molar-refractivity contribution in [1.82, 2.24) is 9.97 Å². The Balaban J connectivity index is 2.03. The summed E-state index contributed by atoms with van der Waals surface area (Å²) in [5.41, 5.74) is 6.37. The summed E-state index contributed by atoms with van der Waals surface area (Å²) in [5.74, 6) is 0.227. The van der Waals surface area contributed by atoms with Crippen molar-refractivity contribution >= 4 is 22.4 Å². The summed E-state index contributed by atoms with van der Waals surface area (Å²) in [5, 5.41) is 0. The number of Topliss-reactive ketones (excluding diaryl/α,β-unsaturated/α-hetero) is 1. The van der Waals surface area contributed by atoms with Gasteiger partial charge < -0.3 is 0 Å². The second-order valence-corrected chi connectivity index (χ2v) is 6.16. The average Bonchev–Trinajstić information content (AvgIpc) is 2.64. The van der Waals surface area contributed by atoms with Crippen molar-refractivity contribution < 1.29 is 4.79 Å². The summed E-state index contributed by atoms with van der Waals surface area (Å²) in [6, 6.07) is 18.0. The monoisotopic (exact) mass is 314 g/mol. The van der Waals surface area contributed by atoms with Gasteiger partial charge in [0, 0.05) is 12.0 Å². The second-order valence-electron chi connectivity index (χ2n) is 6.16. The van der Waals surface area contributed by atoms with E-state index in [0.29, 0.717) is 6.42 Å². The lowest BCUT2D eigenvalue weighted by atomic mass is 9.88. The molecule has 4 rings (SSSR count). The molecule has 24 heavy (non-hydrogen) atoms. The number of aromatic nitrogens is 2. The number of nitrogens with zero attached hydrogens (tertiary/aromatic N) is 2. The van der Waals surface area contributed by atoms with Crippen LogP contribution in [0.15, 0.2) is 60.2 Å². The van der Waals surface area contributed by atoms with Crippen molar-refractivity contribution in [3.63, 3.8) is 0 Å². The zero-order valence-corrected chi connectivity index (χ0v) is 13.6. The molecule has 1 aliphatic carbocycles. The topological polar surface area (TPSA) is 42.9 Å². The van der Waals surface area contributed by atoms with E-state index >= 15 is 0 Å². The van der Waals surface area contributed by atoms with Crippen LogP contribution in [0.4, 0.5) is 0 Å². The Labute approximate surface area is 141 Å². The number of benzene rings is 2. The molecule has 0 atom stereocenters. The lowest BCUT2D eigenvalue weighted by molar-refractivity contribution is -0.115. The molecule has 0 N–H and O–H groups in total. The molecule has 3 heteroatoms. The Kier molecular flexibility index (Phi) is 3.69. The molecule has 0 radical (unpaired) electrons. The molecule has 0 bridgehead atoms. The highest BCUT2D eigenvalue weighted by Gasteiger charge is 2.22. The highest BCUT2D eigenvalue weighted by molar-refractivity contribution is 6.04. The molecule has 0 spiro atoms. The van der Waals surface area contributed by atoms with Crippen LogP contribution in [-0.4, -0.2) is 15.8 Å². The smallest absolute Gasteiger partial charge is 0.158 e. The highest BCUT2D eigenvalue weighted by Crippen LogP contribution is 2.35. The first-order chi connectivity index (χ1) is 11.7. The number of para-hydroxylation sites is 2. The van der Waals surface area contributed by atoms with E-state index in [1.54, 1.807) is 0 Å². The zero-order valence-electron chi connectivity index (χ0n) is 13.6. The first-order valence-electron chi connectivity index (χ1n) is 8.29. The maximum absolute atomic E-state index is 12.2. The Morgan fingerprint density at radius 2 is 1.42 bits per heavy atom. The number of hydrogen-bond donors (Lipinski definition) is 0. The van der Waals surface area contributed by atoms with Gasteiger partial charge >= 0.3 is 0 Å². The van der Waals surface area contributed by atoms with Gasteiger partial charge in [-0.15, -0.1) is 0 Å². The fourth-order valence-corrected chi connectivity index (χ4v) is 3.27. The van der Waals surface area contributed by atoms with Crippen molar-refractivity contribution in [3.05, 3.63) is 65.9 Å². The largest absolute Gasteiger partial charge is 0.295 e.